The average Bonchev–Trinajstić information content (AvgIpc) is 3.11. The molecular weight excluding hydrogens is 425 g/mol. The van der Waals surface area contributed by atoms with Crippen LogP contribution in [0.5, 0.6) is 0 Å². The second kappa shape index (κ2) is 10.4. The minimum Gasteiger partial charge on any atom is -0.357 e. The molecular formula is C19H28IN5. The predicted molar refractivity (Wildman–Crippen MR) is 114 cm³/mol. The van der Waals surface area contributed by atoms with Gasteiger partial charge < -0.3 is 10.6 Å². The first-order chi connectivity index (χ1) is 11.8. The second-order valence-electron chi connectivity index (χ2n) is 6.26. The van der Waals surface area contributed by atoms with Gasteiger partial charge in [-0.2, -0.15) is 5.10 Å². The van der Waals surface area contributed by atoms with E-state index in [1.165, 1.54) is 32.1 Å². The zero-order valence-corrected chi connectivity index (χ0v) is 17.1. The van der Waals surface area contributed by atoms with Gasteiger partial charge in [0.25, 0.3) is 0 Å². The lowest BCUT2D eigenvalue weighted by atomic mass is 9.96. The van der Waals surface area contributed by atoms with Gasteiger partial charge in [0.05, 0.1) is 17.9 Å². The van der Waals surface area contributed by atoms with Gasteiger partial charge in [0.2, 0.25) is 0 Å². The molecule has 1 aromatic carbocycles. The molecule has 3 rings (SSSR count). The highest BCUT2D eigenvalue weighted by atomic mass is 127. The van der Waals surface area contributed by atoms with Crippen LogP contribution in [0.2, 0.25) is 0 Å². The van der Waals surface area contributed by atoms with Gasteiger partial charge in [0.1, 0.15) is 0 Å². The zero-order chi connectivity index (χ0) is 16.6. The molecule has 1 aliphatic carbocycles. The van der Waals surface area contributed by atoms with Gasteiger partial charge in [0.15, 0.2) is 5.96 Å². The molecule has 136 valence electrons. The van der Waals surface area contributed by atoms with Crippen molar-refractivity contribution in [3.63, 3.8) is 0 Å². The molecule has 0 aliphatic heterocycles. The fraction of sp³-hybridized carbons (Fsp3) is 0.474. The quantitative estimate of drug-likeness (QED) is 0.411. The second-order valence-corrected chi connectivity index (χ2v) is 6.26. The molecule has 0 bridgehead atoms. The maximum absolute atomic E-state index is 4.70. The lowest BCUT2D eigenvalue weighted by Gasteiger charge is -2.24. The SMILES string of the molecule is CCNC(=NCc1ccn(-c2ccccc2)n1)NC1CCCCC1.I. The molecule has 2 N–H and O–H groups in total. The fourth-order valence-electron chi connectivity index (χ4n) is 3.09. The molecule has 2 aromatic rings. The van der Waals surface area contributed by atoms with Gasteiger partial charge in [-0.1, -0.05) is 37.5 Å². The fourth-order valence-corrected chi connectivity index (χ4v) is 3.09. The van der Waals surface area contributed by atoms with E-state index in [1.807, 2.05) is 35.1 Å². The summed E-state index contributed by atoms with van der Waals surface area (Å²) in [7, 11) is 0. The predicted octanol–water partition coefficient (Wildman–Crippen LogP) is 3.88. The Morgan fingerprint density at radius 2 is 1.92 bits per heavy atom. The Bertz CT molecular complexity index is 647. The first-order valence-electron chi connectivity index (χ1n) is 9.00. The molecule has 25 heavy (non-hydrogen) atoms. The maximum Gasteiger partial charge on any atom is 0.191 e. The summed E-state index contributed by atoms with van der Waals surface area (Å²) < 4.78 is 1.90. The number of hydrogen-bond acceptors (Lipinski definition) is 2. The zero-order valence-electron chi connectivity index (χ0n) is 14.8. The number of rotatable bonds is 5. The van der Waals surface area contributed by atoms with Crippen molar-refractivity contribution >= 4 is 29.9 Å². The molecule has 0 saturated heterocycles. The Morgan fingerprint density at radius 3 is 2.64 bits per heavy atom. The van der Waals surface area contributed by atoms with Gasteiger partial charge in [-0.25, -0.2) is 9.67 Å². The molecule has 0 spiro atoms. The topological polar surface area (TPSA) is 54.2 Å². The summed E-state index contributed by atoms with van der Waals surface area (Å²) in [5, 5.41) is 11.5. The smallest absolute Gasteiger partial charge is 0.191 e. The monoisotopic (exact) mass is 453 g/mol. The van der Waals surface area contributed by atoms with Crippen LogP contribution in [0.15, 0.2) is 47.6 Å². The van der Waals surface area contributed by atoms with E-state index in [9.17, 15) is 0 Å². The Kier molecular flexibility index (Phi) is 8.24. The molecule has 0 atom stereocenters. The molecule has 6 heteroatoms. The van der Waals surface area contributed by atoms with Gasteiger partial charge in [-0.3, -0.25) is 0 Å². The van der Waals surface area contributed by atoms with Crippen LogP contribution in [0.1, 0.15) is 44.7 Å². The van der Waals surface area contributed by atoms with Gasteiger partial charge in [-0.05, 0) is 38.0 Å². The first kappa shape index (κ1) is 19.8. The molecule has 1 heterocycles. The van der Waals surface area contributed by atoms with Crippen molar-refractivity contribution in [3.8, 4) is 5.69 Å². The van der Waals surface area contributed by atoms with E-state index in [4.69, 9.17) is 4.99 Å². The number of nitrogens with zero attached hydrogens (tertiary/aromatic N) is 3. The molecule has 1 aromatic heterocycles. The molecule has 1 saturated carbocycles. The van der Waals surface area contributed by atoms with E-state index in [-0.39, 0.29) is 24.0 Å². The van der Waals surface area contributed by atoms with Crippen LogP contribution in [-0.2, 0) is 6.54 Å². The minimum absolute atomic E-state index is 0. The number of aliphatic imine (C=N–C) groups is 1. The van der Waals surface area contributed by atoms with Crippen molar-refractivity contribution < 1.29 is 0 Å². The number of para-hydroxylation sites is 1. The molecule has 0 amide bonds. The Hall–Kier alpha value is -1.57. The third-order valence-electron chi connectivity index (χ3n) is 4.35. The van der Waals surface area contributed by atoms with Crippen molar-refractivity contribution in [3.05, 3.63) is 48.3 Å². The summed E-state index contributed by atoms with van der Waals surface area (Å²) in [6.45, 7) is 3.56. The normalized spacial score (nSPS) is 15.5. The lowest BCUT2D eigenvalue weighted by Crippen LogP contribution is -2.44. The highest BCUT2D eigenvalue weighted by Crippen LogP contribution is 2.17. The highest BCUT2D eigenvalue weighted by Gasteiger charge is 2.14. The number of halogens is 1. The van der Waals surface area contributed by atoms with E-state index >= 15 is 0 Å². The standard InChI is InChI=1S/C19H27N5.HI/c1-2-20-19(22-16-9-5-3-6-10-16)21-15-17-13-14-24(23-17)18-11-7-4-8-12-18;/h4,7-8,11-14,16H,2-3,5-6,9-10,15H2,1H3,(H2,20,21,22);1H. The van der Waals surface area contributed by atoms with Crippen molar-refractivity contribution in [1.29, 1.82) is 0 Å². The minimum atomic E-state index is 0. The van der Waals surface area contributed by atoms with E-state index in [1.54, 1.807) is 0 Å². The lowest BCUT2D eigenvalue weighted by molar-refractivity contribution is 0.410. The third-order valence-corrected chi connectivity index (χ3v) is 4.35. The van der Waals surface area contributed by atoms with E-state index in [2.05, 4.69) is 34.8 Å². The van der Waals surface area contributed by atoms with Crippen molar-refractivity contribution in [2.45, 2.75) is 51.6 Å². The van der Waals surface area contributed by atoms with Gasteiger partial charge in [0, 0.05) is 18.8 Å². The number of nitrogens with one attached hydrogen (secondary N) is 2. The molecule has 0 radical (unpaired) electrons. The average molecular weight is 453 g/mol. The van der Waals surface area contributed by atoms with Crippen molar-refractivity contribution in [1.82, 2.24) is 20.4 Å². The van der Waals surface area contributed by atoms with E-state index in [0.717, 1.165) is 23.9 Å². The van der Waals surface area contributed by atoms with Crippen molar-refractivity contribution in [2.75, 3.05) is 6.54 Å². The maximum atomic E-state index is 4.70. The molecule has 5 nitrogen and oxygen atoms in total. The van der Waals surface area contributed by atoms with Gasteiger partial charge >= 0.3 is 0 Å². The third kappa shape index (κ3) is 6.02. The van der Waals surface area contributed by atoms with E-state index < -0.39 is 0 Å². The van der Waals surface area contributed by atoms with Crippen LogP contribution < -0.4 is 10.6 Å². The summed E-state index contributed by atoms with van der Waals surface area (Å²) in [4.78, 5) is 4.70. The summed E-state index contributed by atoms with van der Waals surface area (Å²) >= 11 is 0. The van der Waals surface area contributed by atoms with Crippen LogP contribution in [0.25, 0.3) is 5.69 Å². The summed E-state index contributed by atoms with van der Waals surface area (Å²) in [6, 6.07) is 12.7. The Morgan fingerprint density at radius 1 is 1.16 bits per heavy atom. The summed E-state index contributed by atoms with van der Waals surface area (Å²) in [6.07, 6.45) is 8.47. The largest absolute Gasteiger partial charge is 0.357 e. The van der Waals surface area contributed by atoms with Crippen molar-refractivity contribution in [2.24, 2.45) is 4.99 Å². The van der Waals surface area contributed by atoms with Crippen LogP contribution in [0, 0.1) is 0 Å². The number of hydrogen-bond donors (Lipinski definition) is 2. The van der Waals surface area contributed by atoms with Crippen LogP contribution in [0.4, 0.5) is 0 Å². The van der Waals surface area contributed by atoms with Gasteiger partial charge in [-0.15, -0.1) is 24.0 Å². The first-order valence-corrected chi connectivity index (χ1v) is 9.00. The number of benzene rings is 1. The van der Waals surface area contributed by atoms with Crippen LogP contribution in [-0.4, -0.2) is 28.3 Å². The summed E-state index contributed by atoms with van der Waals surface area (Å²) in [5.41, 5.74) is 2.04. The Balaban J connectivity index is 0.00000225. The van der Waals surface area contributed by atoms with Crippen LogP contribution >= 0.6 is 24.0 Å². The Labute approximate surface area is 167 Å². The molecule has 1 aliphatic rings. The molecule has 1 fully saturated rings. The molecule has 0 unspecified atom stereocenters. The number of aromatic nitrogens is 2. The summed E-state index contributed by atoms with van der Waals surface area (Å²) in [5.74, 6) is 0.902. The van der Waals surface area contributed by atoms with E-state index in [0.29, 0.717) is 12.6 Å². The number of guanidine groups is 1. The van der Waals surface area contributed by atoms with Crippen LogP contribution in [0.3, 0.4) is 0 Å². The highest BCUT2D eigenvalue weighted by molar-refractivity contribution is 14.0.